The number of hydrogen-bond donors (Lipinski definition) is 2. The first-order valence-corrected chi connectivity index (χ1v) is 22.7. The van der Waals surface area contributed by atoms with Gasteiger partial charge in [0.1, 0.15) is 12.6 Å². The Morgan fingerprint density at radius 2 is 0.725 bits per heavy atom. The lowest BCUT2D eigenvalue weighted by Gasteiger charge is -2.18. The molecule has 0 aliphatic heterocycles. The molecule has 0 saturated carbocycles. The Labute approximate surface area is 317 Å². The van der Waals surface area contributed by atoms with Gasteiger partial charge < -0.3 is 15.2 Å². The summed E-state index contributed by atoms with van der Waals surface area (Å²) in [6.07, 6.45) is 46.6. The van der Waals surface area contributed by atoms with Crippen LogP contribution in [-0.2, 0) is 19.1 Å². The van der Waals surface area contributed by atoms with Gasteiger partial charge in [0, 0.05) is 12.8 Å². The molecule has 0 rings (SSSR count). The fraction of sp³-hybridized carbons (Fsp3) is 0.933. The van der Waals surface area contributed by atoms with Crippen LogP contribution in [0.5, 0.6) is 0 Å². The van der Waals surface area contributed by atoms with Crippen LogP contribution in [0.1, 0.15) is 258 Å². The van der Waals surface area contributed by atoms with Crippen LogP contribution in [-0.4, -0.2) is 35.6 Å². The van der Waals surface area contributed by atoms with Crippen LogP contribution in [0.15, 0.2) is 0 Å². The molecule has 6 nitrogen and oxygen atoms in total. The average Bonchev–Trinajstić information content (AvgIpc) is 3.11. The van der Waals surface area contributed by atoms with Gasteiger partial charge >= 0.3 is 11.9 Å². The summed E-state index contributed by atoms with van der Waals surface area (Å²) in [4.78, 5) is 35.1. The summed E-state index contributed by atoms with van der Waals surface area (Å²) in [7, 11) is 0. The van der Waals surface area contributed by atoms with Crippen molar-refractivity contribution in [3.05, 3.63) is 0 Å². The normalized spacial score (nSPS) is 11.9. The number of nitrogens with one attached hydrogen (secondary N) is 1. The molecule has 0 aliphatic carbocycles. The first-order valence-electron chi connectivity index (χ1n) is 22.7. The van der Waals surface area contributed by atoms with E-state index in [4.69, 9.17) is 9.84 Å². The number of carboxylic acids is 1. The molecule has 0 radical (unpaired) electrons. The molecular weight excluding hydrogens is 634 g/mol. The molecule has 1 amide bonds. The van der Waals surface area contributed by atoms with Gasteiger partial charge in [-0.2, -0.15) is 0 Å². The highest BCUT2D eigenvalue weighted by atomic mass is 16.5. The van der Waals surface area contributed by atoms with Crippen LogP contribution in [0.2, 0.25) is 0 Å². The fourth-order valence-electron chi connectivity index (χ4n) is 7.16. The molecule has 0 bridgehead atoms. The van der Waals surface area contributed by atoms with Gasteiger partial charge in [-0.1, -0.05) is 206 Å². The molecule has 0 aromatic rings. The highest BCUT2D eigenvalue weighted by molar-refractivity contribution is 5.80. The van der Waals surface area contributed by atoms with E-state index in [0.29, 0.717) is 12.8 Å². The maximum atomic E-state index is 12.8. The summed E-state index contributed by atoms with van der Waals surface area (Å²) in [6, 6.07) is 0. The number of unbranched alkanes of at least 4 members (excludes halogenated alkanes) is 31. The van der Waals surface area contributed by atoms with Crippen LogP contribution in [0.4, 0.5) is 0 Å². The number of carboxylic acid groups (broad SMARTS) is 1. The average molecular weight is 722 g/mol. The summed E-state index contributed by atoms with van der Waals surface area (Å²) >= 11 is 0. The summed E-state index contributed by atoms with van der Waals surface area (Å²) in [6.45, 7) is 4.25. The second-order valence-electron chi connectivity index (χ2n) is 15.7. The maximum Gasteiger partial charge on any atom is 0.322 e. The minimum Gasteiger partial charge on any atom is -0.480 e. The van der Waals surface area contributed by atoms with Crippen molar-refractivity contribution in [1.29, 1.82) is 0 Å². The lowest BCUT2D eigenvalue weighted by Crippen LogP contribution is -2.28. The van der Waals surface area contributed by atoms with Crippen molar-refractivity contribution in [3.8, 4) is 0 Å². The molecule has 1 unspecified atom stereocenters. The number of aliphatic carboxylic acids is 1. The molecule has 2 N–H and O–H groups in total. The molecule has 0 aliphatic rings. The Hall–Kier alpha value is -1.59. The van der Waals surface area contributed by atoms with Gasteiger partial charge in [-0.15, -0.1) is 0 Å². The number of ether oxygens (including phenoxy) is 1. The first-order chi connectivity index (χ1) is 25.0. The second kappa shape index (κ2) is 41.2. The van der Waals surface area contributed by atoms with E-state index >= 15 is 0 Å². The zero-order chi connectivity index (χ0) is 37.3. The second-order valence-corrected chi connectivity index (χ2v) is 15.7. The summed E-state index contributed by atoms with van der Waals surface area (Å²) < 4.78 is 6.04. The van der Waals surface area contributed by atoms with Gasteiger partial charge in [-0.05, 0) is 38.5 Å². The van der Waals surface area contributed by atoms with Crippen molar-refractivity contribution < 1.29 is 24.2 Å². The predicted octanol–water partition coefficient (Wildman–Crippen LogP) is 14.0. The molecule has 51 heavy (non-hydrogen) atoms. The van der Waals surface area contributed by atoms with Crippen LogP contribution < -0.4 is 5.32 Å². The van der Waals surface area contributed by atoms with Crippen molar-refractivity contribution in [2.24, 2.45) is 0 Å². The Bertz CT molecular complexity index is 757. The lowest BCUT2D eigenvalue weighted by atomic mass is 10.0. The molecule has 0 fully saturated rings. The zero-order valence-corrected chi connectivity index (χ0v) is 34.2. The lowest BCUT2D eigenvalue weighted by molar-refractivity contribution is -0.150. The summed E-state index contributed by atoms with van der Waals surface area (Å²) in [5, 5.41) is 11.1. The van der Waals surface area contributed by atoms with E-state index in [2.05, 4.69) is 19.2 Å². The highest BCUT2D eigenvalue weighted by Gasteiger charge is 2.14. The van der Waals surface area contributed by atoms with E-state index < -0.39 is 5.97 Å². The summed E-state index contributed by atoms with van der Waals surface area (Å²) in [5.41, 5.74) is 0. The first kappa shape index (κ1) is 49.4. The summed E-state index contributed by atoms with van der Waals surface area (Å²) in [5.74, 6) is -1.21. The molecule has 0 aromatic carbocycles. The van der Waals surface area contributed by atoms with Crippen LogP contribution >= 0.6 is 0 Å². The third kappa shape index (κ3) is 41.0. The third-order valence-corrected chi connectivity index (χ3v) is 10.5. The topological polar surface area (TPSA) is 92.7 Å². The molecule has 302 valence electrons. The number of carbonyl (C=O) groups is 3. The SMILES string of the molecule is CCCCCCCCCCCCCCCCCCCC(=O)OC(CCCCCCCCCCCCCC)CCCCCCCC(=O)NCC(=O)O. The van der Waals surface area contributed by atoms with Crippen molar-refractivity contribution in [3.63, 3.8) is 0 Å². The molecule has 0 heterocycles. The van der Waals surface area contributed by atoms with Crippen LogP contribution in [0, 0.1) is 0 Å². The van der Waals surface area contributed by atoms with E-state index in [1.165, 1.54) is 167 Å². The predicted molar refractivity (Wildman–Crippen MR) is 217 cm³/mol. The highest BCUT2D eigenvalue weighted by Crippen LogP contribution is 2.19. The van der Waals surface area contributed by atoms with E-state index in [9.17, 15) is 14.4 Å². The molecule has 0 spiro atoms. The Kier molecular flexibility index (Phi) is 39.9. The van der Waals surface area contributed by atoms with Gasteiger partial charge in [0.2, 0.25) is 5.91 Å². The Morgan fingerprint density at radius 3 is 1.06 bits per heavy atom. The smallest absolute Gasteiger partial charge is 0.322 e. The van der Waals surface area contributed by atoms with E-state index in [0.717, 1.165) is 64.2 Å². The maximum absolute atomic E-state index is 12.8. The number of rotatable bonds is 42. The Balaban J connectivity index is 4.07. The van der Waals surface area contributed by atoms with E-state index in [-0.39, 0.29) is 24.5 Å². The van der Waals surface area contributed by atoms with Crippen molar-refractivity contribution in [1.82, 2.24) is 5.32 Å². The molecule has 0 aromatic heterocycles. The van der Waals surface area contributed by atoms with Gasteiger partial charge in [-0.3, -0.25) is 14.4 Å². The van der Waals surface area contributed by atoms with Crippen molar-refractivity contribution in [2.45, 2.75) is 264 Å². The van der Waals surface area contributed by atoms with Gasteiger partial charge in [-0.25, -0.2) is 0 Å². The van der Waals surface area contributed by atoms with Gasteiger partial charge in [0.25, 0.3) is 0 Å². The van der Waals surface area contributed by atoms with Gasteiger partial charge in [0.15, 0.2) is 0 Å². The van der Waals surface area contributed by atoms with Crippen LogP contribution in [0.3, 0.4) is 0 Å². The molecule has 1 atom stereocenters. The van der Waals surface area contributed by atoms with E-state index in [1.807, 2.05) is 0 Å². The monoisotopic (exact) mass is 722 g/mol. The van der Waals surface area contributed by atoms with Gasteiger partial charge in [0.05, 0.1) is 0 Å². The molecule has 6 heteroatoms. The zero-order valence-electron chi connectivity index (χ0n) is 34.2. The number of amides is 1. The quantitative estimate of drug-likeness (QED) is 0.0483. The van der Waals surface area contributed by atoms with Crippen molar-refractivity contribution in [2.75, 3.05) is 6.54 Å². The standard InChI is InChI=1S/C45H87NO5/c1-3-5-7-9-11-13-15-17-18-19-20-21-23-25-27-32-36-40-45(50)51-42(37-33-29-26-24-22-16-14-12-10-8-6-4-2)38-34-30-28-31-35-39-43(47)46-41-44(48)49/h42H,3-41H2,1-2H3,(H,46,47)(H,48,49). The largest absolute Gasteiger partial charge is 0.480 e. The third-order valence-electron chi connectivity index (χ3n) is 10.5. The fourth-order valence-corrected chi connectivity index (χ4v) is 7.16. The minimum absolute atomic E-state index is 0.00716. The number of esters is 1. The molecule has 0 saturated heterocycles. The molecular formula is C45H87NO5. The van der Waals surface area contributed by atoms with E-state index in [1.54, 1.807) is 0 Å². The van der Waals surface area contributed by atoms with Crippen molar-refractivity contribution >= 4 is 17.8 Å². The van der Waals surface area contributed by atoms with Crippen LogP contribution in [0.25, 0.3) is 0 Å². The minimum atomic E-state index is -1.01. The number of hydrogen-bond acceptors (Lipinski definition) is 4. The Morgan fingerprint density at radius 1 is 0.431 bits per heavy atom. The number of carbonyl (C=O) groups excluding carboxylic acids is 2.